The zero-order valence-electron chi connectivity index (χ0n) is 12.3. The third-order valence-corrected chi connectivity index (χ3v) is 3.19. The summed E-state index contributed by atoms with van der Waals surface area (Å²) < 4.78 is 0. The molecule has 0 aliphatic rings. The van der Waals surface area contributed by atoms with Crippen LogP contribution in [-0.4, -0.2) is 11.2 Å². The van der Waals surface area contributed by atoms with Crippen LogP contribution >= 0.6 is 0 Å². The Morgan fingerprint density at radius 2 is 2.16 bits per heavy atom. The zero-order chi connectivity index (χ0) is 14.5. The third-order valence-electron chi connectivity index (χ3n) is 3.19. The van der Waals surface area contributed by atoms with Crippen molar-refractivity contribution in [1.82, 2.24) is 0 Å². The topological polar surface area (TPSA) is 44.0 Å². The summed E-state index contributed by atoms with van der Waals surface area (Å²) in [5.74, 6) is 0.405. The molecule has 0 radical (unpaired) electrons. The lowest BCUT2D eigenvalue weighted by atomic mass is 9.93. The first-order valence-electron chi connectivity index (χ1n) is 7.19. The highest BCUT2D eigenvalue weighted by Crippen LogP contribution is 2.19. The summed E-state index contributed by atoms with van der Waals surface area (Å²) in [5.41, 5.74) is 0.901. The maximum atomic E-state index is 9.68. The van der Waals surface area contributed by atoms with E-state index in [-0.39, 0.29) is 0 Å². The van der Waals surface area contributed by atoms with Gasteiger partial charge in [-0.05, 0) is 31.3 Å². The fourth-order valence-corrected chi connectivity index (χ4v) is 1.98. The summed E-state index contributed by atoms with van der Waals surface area (Å²) in [6.45, 7) is 7.57. The lowest BCUT2D eigenvalue weighted by molar-refractivity contribution is 0.234. The summed E-state index contributed by atoms with van der Waals surface area (Å²) in [4.78, 5) is 0. The fourth-order valence-electron chi connectivity index (χ4n) is 1.98. The predicted molar refractivity (Wildman–Crippen MR) is 81.6 cm³/mol. The predicted octanol–water partition coefficient (Wildman–Crippen LogP) is 4.54. The molecule has 0 aromatic rings. The molecule has 0 amide bonds. The van der Waals surface area contributed by atoms with Gasteiger partial charge in [-0.3, -0.25) is 0 Å². The van der Waals surface area contributed by atoms with Gasteiger partial charge in [0.15, 0.2) is 0 Å². The maximum absolute atomic E-state index is 9.68. The largest absolute Gasteiger partial charge is 0.389 e. The van der Waals surface area contributed by atoms with Crippen LogP contribution < -0.4 is 0 Å². The smallest absolute Gasteiger partial charge is 0.0758 e. The van der Waals surface area contributed by atoms with Crippen LogP contribution in [-0.2, 0) is 0 Å². The van der Waals surface area contributed by atoms with Gasteiger partial charge >= 0.3 is 0 Å². The number of aliphatic hydroxyl groups is 1. The van der Waals surface area contributed by atoms with Crippen molar-refractivity contribution in [2.45, 2.75) is 58.5 Å². The molecule has 0 spiro atoms. The lowest BCUT2D eigenvalue weighted by Gasteiger charge is -2.12. The molecule has 2 atom stereocenters. The van der Waals surface area contributed by atoms with Crippen LogP contribution in [0.15, 0.2) is 36.5 Å². The van der Waals surface area contributed by atoms with Gasteiger partial charge in [0.05, 0.1) is 12.2 Å². The maximum Gasteiger partial charge on any atom is 0.0758 e. The van der Waals surface area contributed by atoms with Crippen LogP contribution in [0.1, 0.15) is 52.4 Å². The first-order chi connectivity index (χ1) is 9.15. The van der Waals surface area contributed by atoms with Crippen LogP contribution in [0.2, 0.25) is 0 Å². The summed E-state index contributed by atoms with van der Waals surface area (Å²) in [5, 5.41) is 18.5. The summed E-state index contributed by atoms with van der Waals surface area (Å²) in [7, 11) is 0. The van der Waals surface area contributed by atoms with Crippen molar-refractivity contribution in [1.29, 1.82) is 5.26 Å². The van der Waals surface area contributed by atoms with E-state index in [0.29, 0.717) is 12.3 Å². The van der Waals surface area contributed by atoms with E-state index >= 15 is 0 Å². The Balaban J connectivity index is 4.49. The molecular weight excluding hydrogens is 234 g/mol. The summed E-state index contributed by atoms with van der Waals surface area (Å²) in [6.07, 6.45) is 13.2. The van der Waals surface area contributed by atoms with E-state index in [1.165, 1.54) is 19.3 Å². The highest BCUT2D eigenvalue weighted by Gasteiger charge is 2.08. The molecule has 106 valence electrons. The first-order valence-corrected chi connectivity index (χ1v) is 7.19. The van der Waals surface area contributed by atoms with Gasteiger partial charge in [-0.2, -0.15) is 5.26 Å². The van der Waals surface area contributed by atoms with E-state index in [9.17, 15) is 5.11 Å². The van der Waals surface area contributed by atoms with Crippen LogP contribution in [0.4, 0.5) is 0 Å². The monoisotopic (exact) mass is 261 g/mol. The number of hydrogen-bond acceptors (Lipinski definition) is 2. The van der Waals surface area contributed by atoms with Crippen LogP contribution in [0.5, 0.6) is 0 Å². The second-order valence-corrected chi connectivity index (χ2v) is 4.93. The normalized spacial score (nSPS) is 15.2. The Hall–Kier alpha value is -1.33. The molecule has 0 aromatic heterocycles. The summed E-state index contributed by atoms with van der Waals surface area (Å²) >= 11 is 0. The number of aliphatic hydroxyl groups excluding tert-OH is 1. The number of hydrogen-bond donors (Lipinski definition) is 1. The highest BCUT2D eigenvalue weighted by molar-refractivity contribution is 5.24. The molecule has 19 heavy (non-hydrogen) atoms. The molecule has 0 saturated heterocycles. The second kappa shape index (κ2) is 11.7. The molecule has 0 saturated carbocycles. The molecule has 1 N–H and O–H groups in total. The molecule has 0 aromatic carbocycles. The Kier molecular flexibility index (Phi) is 10.9. The minimum Gasteiger partial charge on any atom is -0.389 e. The van der Waals surface area contributed by atoms with Crippen molar-refractivity contribution in [3.63, 3.8) is 0 Å². The Labute approximate surface area is 118 Å². The average molecular weight is 261 g/mol. The fraction of sp³-hybridized carbons (Fsp3) is 0.588. The van der Waals surface area contributed by atoms with Crippen molar-refractivity contribution >= 4 is 0 Å². The van der Waals surface area contributed by atoms with Crippen LogP contribution in [0.25, 0.3) is 0 Å². The Morgan fingerprint density at radius 1 is 1.42 bits per heavy atom. The average Bonchev–Trinajstić information content (AvgIpc) is 2.38. The number of nitrogens with zero attached hydrogens (tertiary/aromatic N) is 1. The third kappa shape index (κ3) is 9.27. The van der Waals surface area contributed by atoms with Gasteiger partial charge in [0.1, 0.15) is 0 Å². The van der Waals surface area contributed by atoms with Gasteiger partial charge in [0.25, 0.3) is 0 Å². The van der Waals surface area contributed by atoms with E-state index in [4.69, 9.17) is 5.26 Å². The van der Waals surface area contributed by atoms with Gasteiger partial charge in [0, 0.05) is 6.42 Å². The van der Waals surface area contributed by atoms with E-state index in [1.807, 2.05) is 12.2 Å². The lowest BCUT2D eigenvalue weighted by Crippen LogP contribution is -2.04. The molecule has 0 aliphatic carbocycles. The number of allylic oxidation sites excluding steroid dienone is 3. The van der Waals surface area contributed by atoms with Gasteiger partial charge in [-0.25, -0.2) is 0 Å². The van der Waals surface area contributed by atoms with E-state index < -0.39 is 6.10 Å². The molecule has 2 unspecified atom stereocenters. The number of unbranched alkanes of at least 4 members (excludes halogenated alkanes) is 2. The SMILES string of the molecule is C=C/C=C\C(=C/CC(CC#N)CCCCC)C(C)O. The number of rotatable bonds is 10. The van der Waals surface area contributed by atoms with Crippen molar-refractivity contribution < 1.29 is 5.11 Å². The molecule has 2 nitrogen and oxygen atoms in total. The molecule has 2 heteroatoms. The zero-order valence-corrected chi connectivity index (χ0v) is 12.3. The van der Waals surface area contributed by atoms with E-state index in [0.717, 1.165) is 18.4 Å². The van der Waals surface area contributed by atoms with Gasteiger partial charge < -0.3 is 5.11 Å². The Morgan fingerprint density at radius 3 is 2.68 bits per heavy atom. The van der Waals surface area contributed by atoms with Gasteiger partial charge in [-0.15, -0.1) is 0 Å². The molecule has 0 aliphatic heterocycles. The molecule has 0 bridgehead atoms. The van der Waals surface area contributed by atoms with Gasteiger partial charge in [0.2, 0.25) is 0 Å². The quantitative estimate of drug-likeness (QED) is 0.463. The minimum absolute atomic E-state index is 0.405. The molecular formula is C17H27NO. The van der Waals surface area contributed by atoms with Crippen LogP contribution in [0, 0.1) is 17.2 Å². The minimum atomic E-state index is -0.477. The van der Waals surface area contributed by atoms with Gasteiger partial charge in [-0.1, -0.05) is 57.1 Å². The first kappa shape index (κ1) is 17.7. The molecule has 0 rings (SSSR count). The number of nitriles is 1. The van der Waals surface area contributed by atoms with Crippen molar-refractivity contribution in [2.24, 2.45) is 5.92 Å². The standard InChI is InChI=1S/C17H27NO/c1-4-6-8-9-16(13-14-18)11-12-17(15(3)19)10-7-5-2/h5,7,10,12,15-16,19H,2,4,6,8-9,11,13H2,1,3H3/b10-7-,17-12+. The second-order valence-electron chi connectivity index (χ2n) is 4.93. The molecule has 0 heterocycles. The van der Waals surface area contributed by atoms with E-state index in [2.05, 4.69) is 25.6 Å². The van der Waals surface area contributed by atoms with E-state index in [1.54, 1.807) is 13.0 Å². The Bertz CT molecular complexity index is 334. The van der Waals surface area contributed by atoms with Crippen molar-refractivity contribution in [2.75, 3.05) is 0 Å². The van der Waals surface area contributed by atoms with Crippen molar-refractivity contribution in [3.05, 3.63) is 36.5 Å². The molecule has 0 fully saturated rings. The van der Waals surface area contributed by atoms with Crippen molar-refractivity contribution in [3.8, 4) is 6.07 Å². The summed E-state index contributed by atoms with van der Waals surface area (Å²) in [6, 6.07) is 2.26. The van der Waals surface area contributed by atoms with Crippen LogP contribution in [0.3, 0.4) is 0 Å². The highest BCUT2D eigenvalue weighted by atomic mass is 16.3.